The lowest BCUT2D eigenvalue weighted by molar-refractivity contribution is -0.0322. The largest absolute Gasteiger partial charge is 0.452 e. The average Bonchev–Trinajstić information content (AvgIpc) is 2.42. The highest BCUT2D eigenvalue weighted by Gasteiger charge is 2.34. The Morgan fingerprint density at radius 3 is 2.63 bits per heavy atom. The van der Waals surface area contributed by atoms with Crippen LogP contribution in [0.3, 0.4) is 0 Å². The Bertz CT molecular complexity index is 314. The molecule has 0 heterocycles. The van der Waals surface area contributed by atoms with Gasteiger partial charge in [-0.15, -0.1) is 0 Å². The Hall–Kier alpha value is -1.01. The van der Waals surface area contributed by atoms with Crippen LogP contribution in [0.4, 0.5) is 9.59 Å². The van der Waals surface area contributed by atoms with Gasteiger partial charge < -0.3 is 9.47 Å². The van der Waals surface area contributed by atoms with Crippen LogP contribution in [0, 0.1) is 0 Å². The van der Waals surface area contributed by atoms with Crippen molar-refractivity contribution in [3.8, 4) is 0 Å². The lowest BCUT2D eigenvalue weighted by Crippen LogP contribution is -2.55. The highest BCUT2D eigenvalue weighted by atomic mass is 35.5. The number of methoxy groups -OCH3 is 1. The highest BCUT2D eigenvalue weighted by molar-refractivity contribution is 6.62. The molecule has 1 N–H and O–H groups in total. The molecule has 7 heteroatoms. The Morgan fingerprint density at radius 1 is 1.37 bits per heavy atom. The molecule has 6 nitrogen and oxygen atoms in total. The second-order valence-corrected chi connectivity index (χ2v) is 4.81. The summed E-state index contributed by atoms with van der Waals surface area (Å²) in [7, 11) is 1.23. The summed E-state index contributed by atoms with van der Waals surface area (Å²) in [4.78, 5) is 22.7. The van der Waals surface area contributed by atoms with Crippen molar-refractivity contribution in [3.05, 3.63) is 0 Å². The second-order valence-electron chi connectivity index (χ2n) is 4.49. The lowest BCUT2D eigenvalue weighted by Gasteiger charge is -2.37. The maximum absolute atomic E-state index is 11.5. The third kappa shape index (κ3) is 4.87. The van der Waals surface area contributed by atoms with Crippen molar-refractivity contribution in [1.29, 1.82) is 0 Å². The standard InChI is InChI=1S/C12H21ClN2O4/c1-3-8-19-10-7-5-4-6-9(10)15(11(13)16)14-12(17)18-2/h9-10H,3-8H2,1-2H3,(H,14,17). The minimum atomic E-state index is -0.734. The predicted molar refractivity (Wildman–Crippen MR) is 70.9 cm³/mol. The number of carbonyl (C=O) groups excluding carboxylic acids is 2. The molecule has 0 radical (unpaired) electrons. The van der Waals surface area contributed by atoms with Crippen molar-refractivity contribution in [3.63, 3.8) is 0 Å². The van der Waals surface area contributed by atoms with E-state index in [1.54, 1.807) is 0 Å². The van der Waals surface area contributed by atoms with Crippen LogP contribution in [0.15, 0.2) is 0 Å². The van der Waals surface area contributed by atoms with E-state index in [1.165, 1.54) is 7.11 Å². The van der Waals surface area contributed by atoms with Crippen LogP contribution in [-0.2, 0) is 9.47 Å². The van der Waals surface area contributed by atoms with Gasteiger partial charge in [-0.1, -0.05) is 19.8 Å². The molecular formula is C12H21ClN2O4. The number of ether oxygens (including phenoxy) is 2. The number of nitrogens with one attached hydrogen (secondary N) is 1. The summed E-state index contributed by atoms with van der Waals surface area (Å²) in [5, 5.41) is 0.384. The number of rotatable bonds is 4. The third-order valence-corrected chi connectivity index (χ3v) is 3.30. The van der Waals surface area contributed by atoms with Crippen molar-refractivity contribution in [1.82, 2.24) is 10.4 Å². The molecule has 2 unspecified atom stereocenters. The van der Waals surface area contributed by atoms with Crippen LogP contribution in [0.5, 0.6) is 0 Å². The number of hydrogen-bond acceptors (Lipinski definition) is 4. The molecule has 1 fully saturated rings. The molecule has 0 aromatic rings. The lowest BCUT2D eigenvalue weighted by atomic mass is 9.92. The summed E-state index contributed by atoms with van der Waals surface area (Å²) in [6.45, 7) is 2.65. The molecule has 1 rings (SSSR count). The summed E-state index contributed by atoms with van der Waals surface area (Å²) in [6.07, 6.45) is 3.71. The number of hydrazine groups is 1. The average molecular weight is 293 g/mol. The van der Waals surface area contributed by atoms with Gasteiger partial charge >= 0.3 is 11.5 Å². The molecule has 110 valence electrons. The Labute approximate surface area is 118 Å². The van der Waals surface area contributed by atoms with E-state index < -0.39 is 11.5 Å². The smallest absolute Gasteiger partial charge is 0.425 e. The summed E-state index contributed by atoms with van der Waals surface area (Å²) >= 11 is 5.54. The molecule has 0 aromatic carbocycles. The first kappa shape index (κ1) is 16.0. The molecular weight excluding hydrogens is 272 g/mol. The molecule has 1 aliphatic carbocycles. The number of halogens is 1. The summed E-state index contributed by atoms with van der Waals surface area (Å²) in [6, 6.07) is -0.246. The van der Waals surface area contributed by atoms with Gasteiger partial charge in [-0.25, -0.2) is 15.2 Å². The predicted octanol–water partition coefficient (Wildman–Crippen LogP) is 2.66. The zero-order chi connectivity index (χ0) is 14.3. The quantitative estimate of drug-likeness (QED) is 0.491. The van der Waals surface area contributed by atoms with E-state index in [4.69, 9.17) is 16.3 Å². The topological polar surface area (TPSA) is 67.9 Å². The van der Waals surface area contributed by atoms with E-state index in [-0.39, 0.29) is 12.1 Å². The van der Waals surface area contributed by atoms with E-state index >= 15 is 0 Å². The Kier molecular flexibility index (Phi) is 6.94. The number of nitrogens with zero attached hydrogens (tertiary/aromatic N) is 1. The van der Waals surface area contributed by atoms with Gasteiger partial charge in [-0.05, 0) is 30.9 Å². The Morgan fingerprint density at radius 2 is 2.05 bits per heavy atom. The minimum absolute atomic E-state index is 0.103. The second kappa shape index (κ2) is 8.22. The van der Waals surface area contributed by atoms with Gasteiger partial charge in [0, 0.05) is 6.61 Å². The van der Waals surface area contributed by atoms with Crippen LogP contribution in [0.25, 0.3) is 0 Å². The van der Waals surface area contributed by atoms with Gasteiger partial charge in [-0.3, -0.25) is 4.79 Å². The van der Waals surface area contributed by atoms with Crippen LogP contribution in [0.2, 0.25) is 0 Å². The Balaban J connectivity index is 2.72. The van der Waals surface area contributed by atoms with Crippen LogP contribution >= 0.6 is 11.6 Å². The SMILES string of the molecule is CCCOC1CCCCC1N(NC(=O)OC)C(=O)Cl. The van der Waals surface area contributed by atoms with E-state index in [2.05, 4.69) is 10.2 Å². The third-order valence-electron chi connectivity index (χ3n) is 3.12. The van der Waals surface area contributed by atoms with Crippen LogP contribution in [-0.4, -0.2) is 42.3 Å². The zero-order valence-corrected chi connectivity index (χ0v) is 12.1. The number of carbonyl (C=O) groups is 2. The molecule has 0 aromatic heterocycles. The molecule has 0 aliphatic heterocycles. The van der Waals surface area contributed by atoms with Gasteiger partial charge in [-0.2, -0.15) is 0 Å². The van der Waals surface area contributed by atoms with E-state index in [9.17, 15) is 9.59 Å². The minimum Gasteiger partial charge on any atom is -0.452 e. The molecule has 1 saturated carbocycles. The van der Waals surface area contributed by atoms with Crippen molar-refractivity contribution in [2.75, 3.05) is 13.7 Å². The summed E-state index contributed by atoms with van der Waals surface area (Å²) < 4.78 is 10.2. The fraction of sp³-hybridized carbons (Fsp3) is 0.833. The first-order chi connectivity index (χ1) is 9.10. The van der Waals surface area contributed by atoms with Gasteiger partial charge in [0.05, 0.1) is 19.3 Å². The maximum Gasteiger partial charge on any atom is 0.425 e. The van der Waals surface area contributed by atoms with Crippen molar-refractivity contribution in [2.45, 2.75) is 51.2 Å². The maximum atomic E-state index is 11.5. The molecule has 0 spiro atoms. The van der Waals surface area contributed by atoms with Crippen LogP contribution in [0.1, 0.15) is 39.0 Å². The van der Waals surface area contributed by atoms with Gasteiger partial charge in [0.1, 0.15) is 0 Å². The van der Waals surface area contributed by atoms with E-state index in [0.29, 0.717) is 6.61 Å². The van der Waals surface area contributed by atoms with Crippen LogP contribution < -0.4 is 5.43 Å². The molecule has 1 aliphatic rings. The van der Waals surface area contributed by atoms with Gasteiger partial charge in [0.25, 0.3) is 0 Å². The first-order valence-electron chi connectivity index (χ1n) is 6.55. The number of hydrogen-bond donors (Lipinski definition) is 1. The monoisotopic (exact) mass is 292 g/mol. The summed E-state index contributed by atoms with van der Waals surface area (Å²) in [5.41, 5.74) is 2.35. The summed E-state index contributed by atoms with van der Waals surface area (Å²) in [5.74, 6) is 0. The molecule has 2 amide bonds. The molecule has 2 atom stereocenters. The van der Waals surface area contributed by atoms with Crippen molar-refractivity contribution >= 4 is 23.1 Å². The number of amides is 2. The zero-order valence-electron chi connectivity index (χ0n) is 11.4. The molecule has 0 bridgehead atoms. The van der Waals surface area contributed by atoms with E-state index in [1.807, 2.05) is 6.92 Å². The van der Waals surface area contributed by atoms with Gasteiger partial charge in [0.15, 0.2) is 0 Å². The normalized spacial score (nSPS) is 22.7. The van der Waals surface area contributed by atoms with Crippen molar-refractivity contribution in [2.24, 2.45) is 0 Å². The van der Waals surface area contributed by atoms with E-state index in [0.717, 1.165) is 37.1 Å². The fourth-order valence-corrected chi connectivity index (χ4v) is 2.41. The molecule has 19 heavy (non-hydrogen) atoms. The van der Waals surface area contributed by atoms with Gasteiger partial charge in [0.2, 0.25) is 0 Å². The highest BCUT2D eigenvalue weighted by Crippen LogP contribution is 2.25. The molecule has 0 saturated heterocycles. The first-order valence-corrected chi connectivity index (χ1v) is 6.92. The van der Waals surface area contributed by atoms with Crippen molar-refractivity contribution < 1.29 is 19.1 Å². The fourth-order valence-electron chi connectivity index (χ4n) is 2.24.